The number of aromatic nitrogens is 3. The Morgan fingerprint density at radius 2 is 1.79 bits per heavy atom. The first-order valence-electron chi connectivity index (χ1n) is 15.3. The van der Waals surface area contributed by atoms with Gasteiger partial charge in [0.05, 0.1) is 21.8 Å². The van der Waals surface area contributed by atoms with Crippen LogP contribution in [-0.4, -0.2) is 90.6 Å². The highest BCUT2D eigenvalue weighted by Crippen LogP contribution is 2.36. The van der Waals surface area contributed by atoms with Crippen LogP contribution in [0.5, 0.6) is 0 Å². The summed E-state index contributed by atoms with van der Waals surface area (Å²) in [6.45, 7) is 3.04. The number of hydrogen-bond acceptors (Lipinski definition) is 8. The molecule has 0 radical (unpaired) electrons. The molecule has 6 rings (SSSR count). The van der Waals surface area contributed by atoms with E-state index in [9.17, 15) is 31.5 Å². The summed E-state index contributed by atoms with van der Waals surface area (Å²) in [6, 6.07) is 10.2. The molecule has 2 saturated heterocycles. The number of carbonyl (C=O) groups is 2. The Kier molecular flexibility index (Phi) is 9.85. The summed E-state index contributed by atoms with van der Waals surface area (Å²) in [5, 5.41) is 10.0. The van der Waals surface area contributed by atoms with Gasteiger partial charge in [0, 0.05) is 62.4 Å². The van der Waals surface area contributed by atoms with Gasteiger partial charge in [-0.25, -0.2) is 13.8 Å². The molecular weight excluding hydrogens is 657 g/mol. The first kappa shape index (κ1) is 33.6. The van der Waals surface area contributed by atoms with Crippen LogP contribution in [0, 0.1) is 11.6 Å². The van der Waals surface area contributed by atoms with Gasteiger partial charge < -0.3 is 24.8 Å². The number of alkyl halides is 3. The number of likely N-dealkylation sites (N-methyl/N-ethyl adjacent to an activating group) is 1. The molecule has 2 aliphatic heterocycles. The molecule has 2 fully saturated rings. The molecule has 2 aromatic carbocycles. The van der Waals surface area contributed by atoms with Crippen molar-refractivity contribution >= 4 is 51.8 Å². The van der Waals surface area contributed by atoms with E-state index >= 15 is 0 Å². The highest BCUT2D eigenvalue weighted by molar-refractivity contribution is 7.98. The predicted octanol–water partition coefficient (Wildman–Crippen LogP) is 5.61. The molecule has 254 valence electrons. The normalized spacial score (nSPS) is 16.3. The van der Waals surface area contributed by atoms with Crippen molar-refractivity contribution in [3.8, 4) is 0 Å². The fourth-order valence-corrected chi connectivity index (χ4v) is 6.60. The number of carbonyl (C=O) groups excluding carboxylic acids is 2. The molecule has 0 bridgehead atoms. The molecule has 4 aromatic rings. The molecule has 0 unspecified atom stereocenters. The van der Waals surface area contributed by atoms with Crippen LogP contribution in [0.3, 0.4) is 0 Å². The van der Waals surface area contributed by atoms with E-state index in [1.165, 1.54) is 12.1 Å². The molecule has 48 heavy (non-hydrogen) atoms. The lowest BCUT2D eigenvalue weighted by molar-refractivity contribution is -0.171. The molecule has 2 aliphatic rings. The van der Waals surface area contributed by atoms with E-state index in [4.69, 9.17) is 4.74 Å². The first-order valence-corrected chi connectivity index (χ1v) is 16.3. The maximum Gasteiger partial charge on any atom is 0.471 e. The van der Waals surface area contributed by atoms with Crippen molar-refractivity contribution in [3.05, 3.63) is 71.3 Å². The van der Waals surface area contributed by atoms with Crippen molar-refractivity contribution in [2.24, 2.45) is 0 Å². The van der Waals surface area contributed by atoms with Crippen LogP contribution in [0.2, 0.25) is 0 Å². The minimum Gasteiger partial charge on any atom is -0.381 e. The van der Waals surface area contributed by atoms with Crippen LogP contribution in [-0.2, 0) is 15.3 Å². The Labute approximate surface area is 276 Å². The van der Waals surface area contributed by atoms with E-state index in [2.05, 4.69) is 25.4 Å². The number of anilines is 3. The molecule has 0 atom stereocenters. The summed E-state index contributed by atoms with van der Waals surface area (Å²) < 4.78 is 75.5. The largest absolute Gasteiger partial charge is 0.471 e. The molecule has 2 amide bonds. The number of rotatable bonds is 8. The standard InChI is InChI=1S/C32H32F5N7O3S/c1-42-10-12-43(13-11-42)22-3-4-23(26(17-22)44(31(46)32(35,36)37)21-8-14-47-15-9-21)30(45)39-29-28-25(40-41-29)6-7-27(38-28)48-18-19-16-20(33)2-5-24(19)34/h2-7,16-17,21H,8-15,18H2,1H3,(H2,39,40,41,45). The van der Waals surface area contributed by atoms with Gasteiger partial charge in [-0.2, -0.15) is 18.3 Å². The summed E-state index contributed by atoms with van der Waals surface area (Å²) in [7, 11) is 1.98. The van der Waals surface area contributed by atoms with Crippen LogP contribution in [0.4, 0.5) is 39.1 Å². The molecule has 0 aliphatic carbocycles. The molecule has 0 saturated carbocycles. The molecule has 2 N–H and O–H groups in total. The average Bonchev–Trinajstić information content (AvgIpc) is 3.47. The van der Waals surface area contributed by atoms with Gasteiger partial charge in [0.1, 0.15) is 17.2 Å². The lowest BCUT2D eigenvalue weighted by Crippen LogP contribution is -2.50. The van der Waals surface area contributed by atoms with Crippen LogP contribution in [0.15, 0.2) is 53.6 Å². The Balaban J connectivity index is 1.33. The number of nitrogens with zero attached hydrogens (tertiary/aromatic N) is 5. The third kappa shape index (κ3) is 7.39. The number of ether oxygens (including phenoxy) is 1. The number of fused-ring (bicyclic) bond motifs is 1. The van der Waals surface area contributed by atoms with Gasteiger partial charge in [-0.3, -0.25) is 14.7 Å². The molecule has 2 aromatic heterocycles. The second-order valence-corrected chi connectivity index (χ2v) is 12.6. The van der Waals surface area contributed by atoms with E-state index < -0.39 is 35.7 Å². The van der Waals surface area contributed by atoms with E-state index in [1.807, 2.05) is 11.9 Å². The number of thioether (sulfide) groups is 1. The fourth-order valence-electron chi connectivity index (χ4n) is 5.75. The van der Waals surface area contributed by atoms with Gasteiger partial charge >= 0.3 is 12.1 Å². The molecule has 4 heterocycles. The van der Waals surface area contributed by atoms with E-state index in [1.54, 1.807) is 18.2 Å². The van der Waals surface area contributed by atoms with Gasteiger partial charge in [0.25, 0.3) is 5.91 Å². The third-order valence-electron chi connectivity index (χ3n) is 8.37. The smallest absolute Gasteiger partial charge is 0.381 e. The topological polar surface area (TPSA) is 107 Å². The Hall–Kier alpha value is -4.28. The Bertz CT molecular complexity index is 1810. The maximum absolute atomic E-state index is 14.2. The number of aromatic amines is 1. The summed E-state index contributed by atoms with van der Waals surface area (Å²) in [5.74, 6) is -3.91. The van der Waals surface area contributed by atoms with Crippen molar-refractivity contribution in [1.82, 2.24) is 20.1 Å². The van der Waals surface area contributed by atoms with Gasteiger partial charge in [0.2, 0.25) is 0 Å². The maximum atomic E-state index is 14.2. The predicted molar refractivity (Wildman–Crippen MR) is 171 cm³/mol. The second-order valence-electron chi connectivity index (χ2n) is 11.6. The number of benzene rings is 2. The van der Waals surface area contributed by atoms with Crippen molar-refractivity contribution in [1.29, 1.82) is 0 Å². The first-order chi connectivity index (χ1) is 23.0. The molecule has 10 nitrogen and oxygen atoms in total. The van der Waals surface area contributed by atoms with E-state index in [0.717, 1.165) is 43.1 Å². The number of hydrogen-bond donors (Lipinski definition) is 2. The lowest BCUT2D eigenvalue weighted by Gasteiger charge is -2.37. The summed E-state index contributed by atoms with van der Waals surface area (Å²) in [5.41, 5.74) is 1.12. The minimum atomic E-state index is -5.19. The zero-order valence-corrected chi connectivity index (χ0v) is 26.6. The summed E-state index contributed by atoms with van der Waals surface area (Å²) in [6.07, 6.45) is -4.87. The number of nitrogens with one attached hydrogen (secondary N) is 2. The van der Waals surface area contributed by atoms with Gasteiger partial charge in [-0.05, 0) is 68.4 Å². The zero-order chi connectivity index (χ0) is 34.0. The van der Waals surface area contributed by atoms with Crippen LogP contribution < -0.4 is 15.1 Å². The summed E-state index contributed by atoms with van der Waals surface area (Å²) in [4.78, 5) is 36.3. The number of piperazine rings is 1. The fraction of sp³-hybridized carbons (Fsp3) is 0.375. The van der Waals surface area contributed by atoms with Crippen molar-refractivity contribution in [2.75, 3.05) is 61.6 Å². The van der Waals surface area contributed by atoms with Crippen molar-refractivity contribution in [2.45, 2.75) is 35.8 Å². The van der Waals surface area contributed by atoms with Crippen LogP contribution in [0.1, 0.15) is 28.8 Å². The van der Waals surface area contributed by atoms with Gasteiger partial charge in [-0.1, -0.05) is 0 Å². The average molecular weight is 690 g/mol. The number of amides is 2. The molecule has 16 heteroatoms. The van der Waals surface area contributed by atoms with Crippen LogP contribution >= 0.6 is 11.8 Å². The van der Waals surface area contributed by atoms with E-state index in [0.29, 0.717) is 34.2 Å². The Morgan fingerprint density at radius 1 is 1.04 bits per heavy atom. The highest BCUT2D eigenvalue weighted by atomic mass is 32.2. The molecular formula is C32H32F5N7O3S. The SMILES string of the molecule is CN1CCN(c2ccc(C(=O)Nc3n[nH]c4ccc(SCc5cc(F)ccc5F)nc34)c(N(C(=O)C(F)(F)F)C3CCOCC3)c2)CC1. The number of H-pyrrole nitrogens is 1. The number of halogens is 5. The van der Waals surface area contributed by atoms with Gasteiger partial charge in [-0.15, -0.1) is 11.8 Å². The zero-order valence-electron chi connectivity index (χ0n) is 25.8. The molecule has 0 spiro atoms. The quantitative estimate of drug-likeness (QED) is 0.182. The van der Waals surface area contributed by atoms with Crippen LogP contribution in [0.25, 0.3) is 11.0 Å². The minimum absolute atomic E-state index is 0.00300. The van der Waals surface area contributed by atoms with Crippen molar-refractivity contribution in [3.63, 3.8) is 0 Å². The summed E-state index contributed by atoms with van der Waals surface area (Å²) >= 11 is 1.14. The monoisotopic (exact) mass is 689 g/mol. The number of pyridine rings is 1. The van der Waals surface area contributed by atoms with E-state index in [-0.39, 0.29) is 60.0 Å². The Morgan fingerprint density at radius 3 is 2.52 bits per heavy atom. The van der Waals surface area contributed by atoms with Gasteiger partial charge in [0.15, 0.2) is 5.82 Å². The lowest BCUT2D eigenvalue weighted by atomic mass is 10.0. The van der Waals surface area contributed by atoms with Crippen molar-refractivity contribution < 1.29 is 36.3 Å². The third-order valence-corrected chi connectivity index (χ3v) is 9.35. The highest BCUT2D eigenvalue weighted by Gasteiger charge is 2.46. The second kappa shape index (κ2) is 14.1.